The van der Waals surface area contributed by atoms with E-state index in [2.05, 4.69) is 38.2 Å². The SMILES string of the molecule is C/C(=C\C=C\C(C)/C=C/CC(C)C)[C@H]1[C@@H](O)C=C(CNCCS(=O)(=O)O)C(=O)[C@@H]1O. The lowest BCUT2D eigenvalue weighted by atomic mass is 9.79. The Morgan fingerprint density at radius 1 is 1.23 bits per heavy atom. The molecule has 170 valence electrons. The summed E-state index contributed by atoms with van der Waals surface area (Å²) in [5.74, 6) is -0.873. The number of Topliss-reactive ketones (excluding diaryl/α,β-unsaturated/α-hetero) is 1. The Labute approximate surface area is 180 Å². The number of ketones is 1. The van der Waals surface area contributed by atoms with Crippen LogP contribution in [-0.2, 0) is 14.9 Å². The van der Waals surface area contributed by atoms with Crippen LogP contribution in [0, 0.1) is 17.8 Å². The van der Waals surface area contributed by atoms with Crippen LogP contribution >= 0.6 is 0 Å². The van der Waals surface area contributed by atoms with E-state index in [-0.39, 0.29) is 24.6 Å². The van der Waals surface area contributed by atoms with Crippen molar-refractivity contribution < 1.29 is 28.0 Å². The second-order valence-electron chi connectivity index (χ2n) is 8.19. The Kier molecular flexibility index (Phi) is 10.9. The molecule has 0 aromatic carbocycles. The molecular formula is C22H35NO6S. The molecule has 4 atom stereocenters. The van der Waals surface area contributed by atoms with Gasteiger partial charge in [-0.1, -0.05) is 56.7 Å². The summed E-state index contributed by atoms with van der Waals surface area (Å²) in [4.78, 5) is 12.4. The Hall–Kier alpha value is -1.58. The predicted octanol–water partition coefficient (Wildman–Crippen LogP) is 2.05. The van der Waals surface area contributed by atoms with Crippen molar-refractivity contribution in [2.75, 3.05) is 18.8 Å². The van der Waals surface area contributed by atoms with Crippen LogP contribution in [0.3, 0.4) is 0 Å². The molecule has 1 aliphatic carbocycles. The molecule has 4 N–H and O–H groups in total. The van der Waals surface area contributed by atoms with Crippen molar-refractivity contribution >= 4 is 15.9 Å². The van der Waals surface area contributed by atoms with Crippen molar-refractivity contribution in [2.24, 2.45) is 17.8 Å². The summed E-state index contributed by atoms with van der Waals surface area (Å²) in [6.45, 7) is 8.10. The number of carbonyl (C=O) groups excluding carboxylic acids is 1. The molecule has 1 rings (SSSR count). The summed E-state index contributed by atoms with van der Waals surface area (Å²) in [6, 6.07) is 0. The minimum atomic E-state index is -4.09. The third-order valence-electron chi connectivity index (χ3n) is 4.86. The Balaban J connectivity index is 2.73. The highest BCUT2D eigenvalue weighted by molar-refractivity contribution is 7.85. The van der Waals surface area contributed by atoms with E-state index >= 15 is 0 Å². The zero-order valence-corrected chi connectivity index (χ0v) is 19.0. The molecule has 0 bridgehead atoms. The van der Waals surface area contributed by atoms with Gasteiger partial charge >= 0.3 is 0 Å². The van der Waals surface area contributed by atoms with Gasteiger partial charge in [-0.2, -0.15) is 8.42 Å². The summed E-state index contributed by atoms with van der Waals surface area (Å²) >= 11 is 0. The molecule has 0 saturated carbocycles. The van der Waals surface area contributed by atoms with Gasteiger partial charge in [-0.25, -0.2) is 0 Å². The molecule has 30 heavy (non-hydrogen) atoms. The van der Waals surface area contributed by atoms with Crippen LogP contribution in [0.15, 0.2) is 47.6 Å². The number of rotatable bonds is 11. The number of carbonyl (C=O) groups is 1. The van der Waals surface area contributed by atoms with Crippen molar-refractivity contribution in [1.82, 2.24) is 5.32 Å². The number of aliphatic hydroxyl groups is 2. The van der Waals surface area contributed by atoms with E-state index in [0.717, 1.165) is 6.42 Å². The molecule has 0 fully saturated rings. The summed E-state index contributed by atoms with van der Waals surface area (Å²) < 4.78 is 30.1. The van der Waals surface area contributed by atoms with Gasteiger partial charge in [0.25, 0.3) is 10.1 Å². The quantitative estimate of drug-likeness (QED) is 0.167. The van der Waals surface area contributed by atoms with E-state index in [1.54, 1.807) is 13.0 Å². The lowest BCUT2D eigenvalue weighted by Gasteiger charge is -2.31. The largest absolute Gasteiger partial charge is 0.388 e. The lowest BCUT2D eigenvalue weighted by Crippen LogP contribution is -2.44. The average Bonchev–Trinajstić information content (AvgIpc) is 2.61. The number of allylic oxidation sites excluding steroid dienone is 5. The maximum absolute atomic E-state index is 12.4. The van der Waals surface area contributed by atoms with Gasteiger partial charge in [0.2, 0.25) is 0 Å². The van der Waals surface area contributed by atoms with Crippen LogP contribution < -0.4 is 5.32 Å². The van der Waals surface area contributed by atoms with Gasteiger partial charge < -0.3 is 15.5 Å². The molecule has 0 spiro atoms. The summed E-state index contributed by atoms with van der Waals surface area (Å²) in [5, 5.41) is 23.6. The van der Waals surface area contributed by atoms with E-state index in [9.17, 15) is 23.4 Å². The van der Waals surface area contributed by atoms with E-state index < -0.39 is 39.8 Å². The zero-order valence-electron chi connectivity index (χ0n) is 18.2. The smallest absolute Gasteiger partial charge is 0.266 e. The van der Waals surface area contributed by atoms with Gasteiger partial charge in [0.15, 0.2) is 5.78 Å². The number of aliphatic hydroxyl groups excluding tert-OH is 2. The maximum atomic E-state index is 12.4. The minimum absolute atomic E-state index is 0.00190. The van der Waals surface area contributed by atoms with Gasteiger partial charge in [0.05, 0.1) is 11.9 Å². The third kappa shape index (κ3) is 9.49. The second kappa shape index (κ2) is 12.3. The van der Waals surface area contributed by atoms with Crippen LogP contribution in [0.2, 0.25) is 0 Å². The van der Waals surface area contributed by atoms with Crippen molar-refractivity contribution in [1.29, 1.82) is 0 Å². The molecule has 0 aromatic heterocycles. The van der Waals surface area contributed by atoms with Crippen LogP contribution in [-0.4, -0.2) is 60.0 Å². The number of hydrogen-bond donors (Lipinski definition) is 4. The van der Waals surface area contributed by atoms with Crippen molar-refractivity contribution in [3.05, 3.63) is 47.6 Å². The van der Waals surface area contributed by atoms with E-state index in [4.69, 9.17) is 4.55 Å². The monoisotopic (exact) mass is 441 g/mol. The average molecular weight is 442 g/mol. The van der Waals surface area contributed by atoms with Crippen molar-refractivity contribution in [3.8, 4) is 0 Å². The molecule has 1 aliphatic rings. The Morgan fingerprint density at radius 3 is 2.50 bits per heavy atom. The first-order valence-electron chi connectivity index (χ1n) is 10.2. The van der Waals surface area contributed by atoms with Crippen LogP contribution in [0.1, 0.15) is 34.1 Å². The Morgan fingerprint density at radius 2 is 1.90 bits per heavy atom. The van der Waals surface area contributed by atoms with Crippen LogP contribution in [0.5, 0.6) is 0 Å². The minimum Gasteiger partial charge on any atom is -0.388 e. The summed E-state index contributed by atoms with van der Waals surface area (Å²) in [5.41, 5.74) is 0.876. The van der Waals surface area contributed by atoms with Gasteiger partial charge in [0, 0.05) is 24.6 Å². The molecule has 1 unspecified atom stereocenters. The first kappa shape index (κ1) is 26.5. The highest BCUT2D eigenvalue weighted by Gasteiger charge is 2.37. The number of nitrogens with one attached hydrogen (secondary N) is 1. The van der Waals surface area contributed by atoms with Crippen LogP contribution in [0.25, 0.3) is 0 Å². The van der Waals surface area contributed by atoms with Gasteiger partial charge in [-0.05, 0) is 31.3 Å². The zero-order chi connectivity index (χ0) is 22.9. The topological polar surface area (TPSA) is 124 Å². The normalized spacial score (nSPS) is 24.8. The fourth-order valence-electron chi connectivity index (χ4n) is 3.14. The summed E-state index contributed by atoms with van der Waals surface area (Å²) in [7, 11) is -4.09. The lowest BCUT2D eigenvalue weighted by molar-refractivity contribution is -0.128. The van der Waals surface area contributed by atoms with Crippen molar-refractivity contribution in [2.45, 2.75) is 46.3 Å². The van der Waals surface area contributed by atoms with E-state index in [1.807, 2.05) is 12.2 Å². The molecule has 0 aromatic rings. The summed E-state index contributed by atoms with van der Waals surface area (Å²) in [6.07, 6.45) is 9.93. The molecule has 8 heteroatoms. The van der Waals surface area contributed by atoms with E-state index in [1.165, 1.54) is 6.08 Å². The molecule has 0 aliphatic heterocycles. The van der Waals surface area contributed by atoms with Gasteiger partial charge in [-0.3, -0.25) is 9.35 Å². The van der Waals surface area contributed by atoms with Gasteiger partial charge in [0.1, 0.15) is 6.10 Å². The molecule has 0 heterocycles. The standard InChI is InChI=1S/C22H35NO6S/c1-15(2)7-5-8-16(3)9-6-10-17(4)20-19(24)13-18(21(25)22(20)26)14-23-11-12-30(27,28)29/h5-6,8-10,13,15-16,19-20,22-24,26H,7,11-12,14H2,1-4H3,(H,27,28,29)/b8-5+,9-6+,17-10+/t16?,19-,20-,22+/m0/s1. The highest BCUT2D eigenvalue weighted by atomic mass is 32.2. The first-order valence-corrected chi connectivity index (χ1v) is 11.8. The van der Waals surface area contributed by atoms with Crippen molar-refractivity contribution in [3.63, 3.8) is 0 Å². The Bertz CT molecular complexity index is 794. The number of hydrogen-bond acceptors (Lipinski definition) is 6. The van der Waals surface area contributed by atoms with Gasteiger partial charge in [-0.15, -0.1) is 0 Å². The molecule has 7 nitrogen and oxygen atoms in total. The molecule has 0 amide bonds. The fourth-order valence-corrected chi connectivity index (χ4v) is 3.55. The molecular weight excluding hydrogens is 406 g/mol. The highest BCUT2D eigenvalue weighted by Crippen LogP contribution is 2.28. The van der Waals surface area contributed by atoms with Crippen LogP contribution in [0.4, 0.5) is 0 Å². The molecule has 0 saturated heterocycles. The predicted molar refractivity (Wildman–Crippen MR) is 119 cm³/mol. The third-order valence-corrected chi connectivity index (χ3v) is 5.58. The van der Waals surface area contributed by atoms with E-state index in [0.29, 0.717) is 11.5 Å². The second-order valence-corrected chi connectivity index (χ2v) is 9.76. The fraction of sp³-hybridized carbons (Fsp3) is 0.591. The first-order chi connectivity index (χ1) is 13.9. The molecule has 0 radical (unpaired) electrons. The maximum Gasteiger partial charge on any atom is 0.266 e.